The lowest BCUT2D eigenvalue weighted by Gasteiger charge is -2.17. The standard InChI is InChI=1S/C15H23N3O3.2C12H25N3O3.3C2H6.CH5N.CH4O.4CH4/c1-17-13(10-11-6-4-3-5-7-11)15(20)21-9-8-12(16)14(19)18-2;2*1-8(2)7-10(14-3)12(17)18-6-5-9(13)11(16)15-4;5*1-2;;;;/h3-7,12-13,17H,8-10,16H2,1-2H3,(H,18,19);2*8-10,14H,5-7,13H2,1-4H3,(H,15,16);3*1-2H3;2H2,1H3;2H,1H3;4*1H4/t12-,13-;2*9-,10-;;;;;;;;;/m000........./s1. The molecule has 1 aromatic carbocycles. The van der Waals surface area contributed by atoms with Gasteiger partial charge in [-0.2, -0.15) is 0 Å². The van der Waals surface area contributed by atoms with Crippen LogP contribution in [0, 0.1) is 11.8 Å². The second-order valence-corrected chi connectivity index (χ2v) is 14.0. The number of ether oxygens (including phenoxy) is 3. The molecule has 1 rings (SSSR count). The van der Waals surface area contributed by atoms with Crippen LogP contribution in [0.2, 0.25) is 0 Å². The summed E-state index contributed by atoms with van der Waals surface area (Å²) in [5.74, 6) is -0.889. The summed E-state index contributed by atoms with van der Waals surface area (Å²) in [7, 11) is 12.2. The zero-order valence-corrected chi connectivity index (χ0v) is 44.8. The van der Waals surface area contributed by atoms with Crippen LogP contribution in [0.3, 0.4) is 0 Å². The van der Waals surface area contributed by atoms with Gasteiger partial charge < -0.3 is 74.2 Å². The second-order valence-electron chi connectivity index (χ2n) is 14.0. The molecule has 0 aliphatic rings. The number of rotatable bonds is 24. The molecular weight excluding hydrogens is 913 g/mol. The first-order chi connectivity index (χ1) is 31.9. The van der Waals surface area contributed by atoms with Crippen molar-refractivity contribution in [3.63, 3.8) is 0 Å². The van der Waals surface area contributed by atoms with Gasteiger partial charge in [-0.25, -0.2) is 0 Å². The Bertz CT molecular complexity index is 1250. The van der Waals surface area contributed by atoms with Crippen molar-refractivity contribution >= 4 is 35.6 Å². The lowest BCUT2D eigenvalue weighted by atomic mass is 10.0. The highest BCUT2D eigenvalue weighted by molar-refractivity contribution is 5.82. The number of carbonyl (C=O) groups is 6. The number of esters is 3. The van der Waals surface area contributed by atoms with Crippen molar-refractivity contribution in [2.45, 2.75) is 174 Å². The fourth-order valence-corrected chi connectivity index (χ4v) is 4.87. The molecule has 0 aliphatic heterocycles. The molecule has 3 amide bonds. The third kappa shape index (κ3) is 54.9. The maximum Gasteiger partial charge on any atom is 0.323 e. The fraction of sp³-hybridized carbons (Fsp3) is 0.765. The molecule has 20 nitrogen and oxygen atoms in total. The number of nitrogens with one attached hydrogen (secondary N) is 6. The van der Waals surface area contributed by atoms with Crippen LogP contribution in [-0.2, 0) is 49.4 Å². The van der Waals surface area contributed by atoms with Crippen LogP contribution in [0.1, 0.15) is 137 Å². The molecule has 0 saturated heterocycles. The summed E-state index contributed by atoms with van der Waals surface area (Å²) in [6.45, 7) is 20.6. The third-order valence-electron chi connectivity index (χ3n) is 8.36. The van der Waals surface area contributed by atoms with E-state index in [9.17, 15) is 28.8 Å². The van der Waals surface area contributed by atoms with Gasteiger partial charge in [0.15, 0.2) is 0 Å². The number of nitrogens with two attached hydrogens (primary N) is 4. The monoisotopic (exact) mass is 1030 g/mol. The van der Waals surface area contributed by atoms with E-state index in [0.717, 1.165) is 25.5 Å². The minimum absolute atomic E-state index is 0. The van der Waals surface area contributed by atoms with Crippen LogP contribution >= 0.6 is 0 Å². The van der Waals surface area contributed by atoms with Crippen LogP contribution in [-0.4, -0.2) is 153 Å². The molecule has 0 fully saturated rings. The van der Waals surface area contributed by atoms with Crippen LogP contribution in [0.15, 0.2) is 30.3 Å². The van der Waals surface area contributed by atoms with E-state index < -0.39 is 24.2 Å². The van der Waals surface area contributed by atoms with Gasteiger partial charge in [0.2, 0.25) is 17.7 Å². The summed E-state index contributed by atoms with van der Waals surface area (Å²) in [6, 6.07) is 6.73. The minimum atomic E-state index is -0.662. The number of carbonyl (C=O) groups excluding carboxylic acids is 6. The normalized spacial score (nSPS) is 11.5. The van der Waals surface area contributed by atoms with E-state index in [4.69, 9.17) is 36.5 Å². The van der Waals surface area contributed by atoms with Crippen LogP contribution < -0.4 is 54.8 Å². The summed E-state index contributed by atoms with van der Waals surface area (Å²) >= 11 is 0. The van der Waals surface area contributed by atoms with Gasteiger partial charge in [-0.1, -0.05) is 129 Å². The summed E-state index contributed by atoms with van der Waals surface area (Å²) in [6.07, 6.45) is 2.94. The molecule has 15 N–H and O–H groups in total. The molecule has 20 heteroatoms. The van der Waals surface area contributed by atoms with Crippen LogP contribution in [0.25, 0.3) is 0 Å². The van der Waals surface area contributed by atoms with Crippen LogP contribution in [0.5, 0.6) is 0 Å². The van der Waals surface area contributed by atoms with E-state index in [2.05, 4.69) is 37.6 Å². The summed E-state index contributed by atoms with van der Waals surface area (Å²) < 4.78 is 15.4. The molecule has 0 saturated carbocycles. The Balaban J connectivity index is -0.0000000756. The van der Waals surface area contributed by atoms with Gasteiger partial charge in [0.1, 0.15) is 18.1 Å². The first-order valence-electron chi connectivity index (χ1n) is 23.4. The molecule has 0 heterocycles. The van der Waals surface area contributed by atoms with Gasteiger partial charge in [-0.3, -0.25) is 28.8 Å². The first kappa shape index (κ1) is 92.8. The first-order valence-corrected chi connectivity index (χ1v) is 23.4. The molecule has 1 aromatic rings. The molecule has 0 spiro atoms. The number of aliphatic hydroxyl groups is 1. The molecule has 0 aliphatic carbocycles. The predicted octanol–water partition coefficient (Wildman–Crippen LogP) is 3.88. The predicted molar refractivity (Wildman–Crippen MR) is 300 cm³/mol. The Morgan fingerprint density at radius 2 is 0.718 bits per heavy atom. The van der Waals surface area contributed by atoms with E-state index in [1.165, 1.54) is 28.2 Å². The Hall–Kier alpha value is -4.28. The second kappa shape index (κ2) is 67.8. The number of amides is 3. The van der Waals surface area contributed by atoms with Gasteiger partial charge in [0, 0.05) is 47.5 Å². The quantitative estimate of drug-likeness (QED) is 0.0517. The van der Waals surface area contributed by atoms with Crippen molar-refractivity contribution in [2.24, 2.45) is 34.8 Å². The van der Waals surface area contributed by atoms with Crippen molar-refractivity contribution in [2.75, 3.05) is 76.3 Å². The van der Waals surface area contributed by atoms with E-state index in [1.54, 1.807) is 21.1 Å². The Morgan fingerprint density at radius 1 is 0.479 bits per heavy atom. The fourth-order valence-electron chi connectivity index (χ4n) is 4.87. The molecule has 0 aromatic heterocycles. The van der Waals surface area contributed by atoms with Crippen molar-refractivity contribution in [1.29, 1.82) is 0 Å². The van der Waals surface area contributed by atoms with E-state index >= 15 is 0 Å². The highest BCUT2D eigenvalue weighted by Gasteiger charge is 2.22. The Kier molecular flexibility index (Phi) is 88.6. The average Bonchev–Trinajstić information content (AvgIpc) is 3.36. The maximum absolute atomic E-state index is 12.0. The molecule has 71 heavy (non-hydrogen) atoms. The van der Waals surface area contributed by atoms with Gasteiger partial charge in [0.05, 0.1) is 37.9 Å². The maximum atomic E-state index is 12.0. The largest absolute Gasteiger partial charge is 0.464 e. The van der Waals surface area contributed by atoms with Gasteiger partial charge in [-0.05, 0) is 64.9 Å². The van der Waals surface area contributed by atoms with Crippen molar-refractivity contribution in [3.05, 3.63) is 35.9 Å². The summed E-state index contributed by atoms with van der Waals surface area (Å²) in [5.41, 5.74) is 22.3. The number of aliphatic hydroxyl groups excluding tert-OH is 1. The third-order valence-corrected chi connectivity index (χ3v) is 8.36. The van der Waals surface area contributed by atoms with Crippen LogP contribution in [0.4, 0.5) is 0 Å². The summed E-state index contributed by atoms with van der Waals surface area (Å²) in [4.78, 5) is 68.9. The number of likely N-dealkylation sites (N-methyl/N-ethyl adjacent to an activating group) is 6. The highest BCUT2D eigenvalue weighted by atomic mass is 16.5. The number of hydrogen-bond donors (Lipinski definition) is 11. The average molecular weight is 1030 g/mol. The van der Waals surface area contributed by atoms with Crippen molar-refractivity contribution in [1.82, 2.24) is 31.9 Å². The molecule has 0 radical (unpaired) electrons. The topological polar surface area (TPSA) is 327 Å². The van der Waals surface area contributed by atoms with Gasteiger partial charge >= 0.3 is 17.9 Å². The molecule has 0 unspecified atom stereocenters. The zero-order chi connectivity index (χ0) is 53.9. The lowest BCUT2D eigenvalue weighted by molar-refractivity contribution is -0.147. The smallest absolute Gasteiger partial charge is 0.323 e. The molecule has 0 bridgehead atoms. The van der Waals surface area contributed by atoms with E-state index in [-0.39, 0.29) is 97.2 Å². The lowest BCUT2D eigenvalue weighted by Crippen LogP contribution is -2.41. The zero-order valence-electron chi connectivity index (χ0n) is 44.8. The van der Waals surface area contributed by atoms with Gasteiger partial charge in [-0.15, -0.1) is 0 Å². The number of benzene rings is 1. The van der Waals surface area contributed by atoms with E-state index in [0.29, 0.717) is 37.5 Å². The number of hydrogen-bond acceptors (Lipinski definition) is 17. The minimum Gasteiger partial charge on any atom is -0.464 e. The van der Waals surface area contributed by atoms with Crippen molar-refractivity contribution in [3.8, 4) is 0 Å². The van der Waals surface area contributed by atoms with Gasteiger partial charge in [0.25, 0.3) is 0 Å². The highest BCUT2D eigenvalue weighted by Crippen LogP contribution is 2.08. The Labute approximate surface area is 435 Å². The van der Waals surface area contributed by atoms with Crippen molar-refractivity contribution < 1.29 is 48.1 Å². The van der Waals surface area contributed by atoms with E-state index in [1.807, 2.05) is 99.6 Å². The Morgan fingerprint density at radius 3 is 0.930 bits per heavy atom. The summed E-state index contributed by atoms with van der Waals surface area (Å²) in [5, 5.41) is 23.1. The molecule has 6 atom stereocenters. The molecule has 430 valence electrons. The SMILES string of the molecule is C.C.C.C.CC.CC.CC.CN.CNC(=O)[C@@H](N)CCOC(=O)[C@H](CC(C)C)NC.CNC(=O)[C@@H](N)CCOC(=O)[C@H](CC(C)C)NC.CNC(=O)[C@@H](N)CCOC(=O)[C@H](Cc1ccccc1)NC.CO. The molecular formula is C51H116N10O10.